The number of rotatable bonds is 3. The molecule has 1 heterocycles. The molecule has 3 heteroatoms. The Morgan fingerprint density at radius 3 is 2.15 bits per heavy atom. The molecular weight excluding hydrogens is 246 g/mol. The number of nitrogens with zero attached hydrogens (tertiary/aromatic N) is 1. The lowest BCUT2D eigenvalue weighted by Gasteiger charge is -2.21. The van der Waals surface area contributed by atoms with Crippen LogP contribution in [0.15, 0.2) is 24.4 Å². The molecule has 3 nitrogen and oxygen atoms in total. The molecule has 0 bridgehead atoms. The third-order valence-corrected chi connectivity index (χ3v) is 3.89. The van der Waals surface area contributed by atoms with Crippen LogP contribution >= 0.6 is 0 Å². The third kappa shape index (κ3) is 2.74. The van der Waals surface area contributed by atoms with Crippen molar-refractivity contribution in [2.75, 3.05) is 0 Å². The molecule has 1 aromatic heterocycles. The van der Waals surface area contributed by atoms with E-state index < -0.39 is 0 Å². The van der Waals surface area contributed by atoms with Gasteiger partial charge in [0.1, 0.15) is 0 Å². The van der Waals surface area contributed by atoms with E-state index in [9.17, 15) is 0 Å². The molecule has 0 aliphatic rings. The lowest BCUT2D eigenvalue weighted by Crippen LogP contribution is -2.30. The summed E-state index contributed by atoms with van der Waals surface area (Å²) in [6.45, 7) is 10.5. The first-order valence-corrected chi connectivity index (χ1v) is 6.91. The van der Waals surface area contributed by atoms with E-state index in [2.05, 4.69) is 63.2 Å². The van der Waals surface area contributed by atoms with Gasteiger partial charge >= 0.3 is 0 Å². The Morgan fingerprint density at radius 2 is 1.55 bits per heavy atom. The van der Waals surface area contributed by atoms with Crippen molar-refractivity contribution in [2.45, 2.75) is 40.7 Å². The fraction of sp³-hybridized carbons (Fsp3) is 0.353. The predicted molar refractivity (Wildman–Crippen MR) is 83.5 cm³/mol. The van der Waals surface area contributed by atoms with Crippen LogP contribution in [0.3, 0.4) is 0 Å². The maximum atomic E-state index is 5.81. The van der Waals surface area contributed by atoms with E-state index in [0.29, 0.717) is 0 Å². The molecule has 1 atom stereocenters. The van der Waals surface area contributed by atoms with Gasteiger partial charge in [-0.3, -0.25) is 10.8 Å². The van der Waals surface area contributed by atoms with Crippen molar-refractivity contribution >= 4 is 0 Å². The van der Waals surface area contributed by atoms with E-state index in [1.54, 1.807) is 0 Å². The largest absolute Gasteiger partial charge is 0.271 e. The number of hydrogen-bond acceptors (Lipinski definition) is 3. The normalized spacial score (nSPS) is 12.5. The molecule has 3 N–H and O–H groups in total. The average molecular weight is 269 g/mol. The first kappa shape index (κ1) is 14.7. The van der Waals surface area contributed by atoms with Crippen molar-refractivity contribution in [3.8, 4) is 0 Å². The number of nitrogens with one attached hydrogen (secondary N) is 1. The minimum Gasteiger partial charge on any atom is -0.271 e. The van der Waals surface area contributed by atoms with E-state index in [1.807, 2.05) is 6.20 Å². The summed E-state index contributed by atoms with van der Waals surface area (Å²) in [6, 6.07) is 6.48. The predicted octanol–water partition coefficient (Wildman–Crippen LogP) is 3.18. The van der Waals surface area contributed by atoms with Crippen molar-refractivity contribution < 1.29 is 0 Å². The van der Waals surface area contributed by atoms with Gasteiger partial charge in [-0.05, 0) is 68.0 Å². The second kappa shape index (κ2) is 5.73. The molecule has 0 radical (unpaired) electrons. The van der Waals surface area contributed by atoms with E-state index >= 15 is 0 Å². The quantitative estimate of drug-likeness (QED) is 0.664. The minimum absolute atomic E-state index is 0.0742. The van der Waals surface area contributed by atoms with Crippen molar-refractivity contribution in [1.82, 2.24) is 10.4 Å². The van der Waals surface area contributed by atoms with Gasteiger partial charge in [-0.15, -0.1) is 0 Å². The Balaban J connectivity index is 2.55. The average Bonchev–Trinajstić information content (AvgIpc) is 2.38. The van der Waals surface area contributed by atoms with E-state index in [0.717, 1.165) is 11.3 Å². The summed E-state index contributed by atoms with van der Waals surface area (Å²) in [7, 11) is 0. The summed E-state index contributed by atoms with van der Waals surface area (Å²) in [4.78, 5) is 4.58. The smallest absolute Gasteiger partial charge is 0.0886 e. The van der Waals surface area contributed by atoms with Gasteiger partial charge in [0, 0.05) is 6.20 Å². The van der Waals surface area contributed by atoms with Crippen LogP contribution in [0.1, 0.15) is 45.1 Å². The Labute approximate surface area is 121 Å². The summed E-state index contributed by atoms with van der Waals surface area (Å²) in [5.41, 5.74) is 11.2. The summed E-state index contributed by atoms with van der Waals surface area (Å²) >= 11 is 0. The zero-order valence-electron chi connectivity index (χ0n) is 12.9. The SMILES string of the molecule is Cc1cnc(C(NN)c2cc(C)c(C)cc2C)c(C)c1. The monoisotopic (exact) mass is 269 g/mol. The highest BCUT2D eigenvalue weighted by molar-refractivity contribution is 5.42. The first-order chi connectivity index (χ1) is 9.43. The van der Waals surface area contributed by atoms with Crippen LogP contribution in [0.25, 0.3) is 0 Å². The molecule has 1 unspecified atom stereocenters. The van der Waals surface area contributed by atoms with Crippen LogP contribution in [0, 0.1) is 34.6 Å². The van der Waals surface area contributed by atoms with Crippen LogP contribution in [-0.2, 0) is 0 Å². The van der Waals surface area contributed by atoms with Gasteiger partial charge in [0.15, 0.2) is 0 Å². The molecule has 2 rings (SSSR count). The molecule has 0 fully saturated rings. The number of nitrogens with two attached hydrogens (primary N) is 1. The van der Waals surface area contributed by atoms with Crippen LogP contribution in [0.4, 0.5) is 0 Å². The highest BCUT2D eigenvalue weighted by Crippen LogP contribution is 2.27. The van der Waals surface area contributed by atoms with Gasteiger partial charge in [-0.25, -0.2) is 5.43 Å². The molecule has 20 heavy (non-hydrogen) atoms. The number of hydrazine groups is 1. The molecular formula is C17H23N3. The fourth-order valence-corrected chi connectivity index (χ4v) is 2.64. The maximum Gasteiger partial charge on any atom is 0.0886 e. The van der Waals surface area contributed by atoms with Crippen molar-refractivity contribution in [3.63, 3.8) is 0 Å². The number of aryl methyl sites for hydroxylation is 5. The Morgan fingerprint density at radius 1 is 0.900 bits per heavy atom. The second-order valence-corrected chi connectivity index (χ2v) is 5.61. The topological polar surface area (TPSA) is 50.9 Å². The minimum atomic E-state index is -0.0742. The number of pyridine rings is 1. The van der Waals surface area contributed by atoms with Gasteiger partial charge < -0.3 is 0 Å². The zero-order chi connectivity index (χ0) is 14.9. The summed E-state index contributed by atoms with van der Waals surface area (Å²) in [5, 5.41) is 0. The Bertz CT molecular complexity index is 632. The molecule has 1 aromatic carbocycles. The number of hydrogen-bond donors (Lipinski definition) is 2. The van der Waals surface area contributed by atoms with Crippen LogP contribution < -0.4 is 11.3 Å². The number of aromatic nitrogens is 1. The van der Waals surface area contributed by atoms with Crippen molar-refractivity contribution in [2.24, 2.45) is 5.84 Å². The van der Waals surface area contributed by atoms with E-state index in [4.69, 9.17) is 5.84 Å². The molecule has 0 aliphatic carbocycles. The molecule has 0 saturated heterocycles. The van der Waals surface area contributed by atoms with Gasteiger partial charge in [0.2, 0.25) is 0 Å². The van der Waals surface area contributed by atoms with Crippen LogP contribution in [-0.4, -0.2) is 4.98 Å². The van der Waals surface area contributed by atoms with Gasteiger partial charge in [-0.2, -0.15) is 0 Å². The highest BCUT2D eigenvalue weighted by Gasteiger charge is 2.18. The van der Waals surface area contributed by atoms with Gasteiger partial charge in [-0.1, -0.05) is 18.2 Å². The van der Waals surface area contributed by atoms with E-state index in [-0.39, 0.29) is 6.04 Å². The fourth-order valence-electron chi connectivity index (χ4n) is 2.64. The standard InChI is InChI=1S/C17H23N3/c1-10-6-14(5)16(19-9-10)17(20-18)15-8-12(3)11(2)7-13(15)4/h6-9,17,20H,18H2,1-5H3. The lowest BCUT2D eigenvalue weighted by molar-refractivity contribution is 0.613. The van der Waals surface area contributed by atoms with E-state index in [1.165, 1.54) is 27.8 Å². The third-order valence-electron chi connectivity index (χ3n) is 3.89. The summed E-state index contributed by atoms with van der Waals surface area (Å²) in [5.74, 6) is 5.81. The number of benzene rings is 1. The zero-order valence-corrected chi connectivity index (χ0v) is 12.9. The molecule has 0 saturated carbocycles. The highest BCUT2D eigenvalue weighted by atomic mass is 15.2. The summed E-state index contributed by atoms with van der Waals surface area (Å²) in [6.07, 6.45) is 1.89. The van der Waals surface area contributed by atoms with Crippen molar-refractivity contribution in [3.05, 3.63) is 63.5 Å². The Kier molecular flexibility index (Phi) is 4.21. The molecule has 0 spiro atoms. The molecule has 106 valence electrons. The summed E-state index contributed by atoms with van der Waals surface area (Å²) < 4.78 is 0. The van der Waals surface area contributed by atoms with Crippen molar-refractivity contribution in [1.29, 1.82) is 0 Å². The second-order valence-electron chi connectivity index (χ2n) is 5.61. The van der Waals surface area contributed by atoms with Gasteiger partial charge in [0.25, 0.3) is 0 Å². The molecule has 0 aliphatic heterocycles. The van der Waals surface area contributed by atoms with Crippen LogP contribution in [0.2, 0.25) is 0 Å². The Hall–Kier alpha value is -1.71. The molecule has 0 amide bonds. The lowest BCUT2D eigenvalue weighted by atomic mass is 9.92. The van der Waals surface area contributed by atoms with Crippen LogP contribution in [0.5, 0.6) is 0 Å². The molecule has 2 aromatic rings. The first-order valence-electron chi connectivity index (χ1n) is 6.91. The van der Waals surface area contributed by atoms with Gasteiger partial charge in [0.05, 0.1) is 11.7 Å². The maximum absolute atomic E-state index is 5.81.